The highest BCUT2D eigenvalue weighted by molar-refractivity contribution is 6.02. The van der Waals surface area contributed by atoms with Gasteiger partial charge in [-0.2, -0.15) is 0 Å². The lowest BCUT2D eigenvalue weighted by molar-refractivity contribution is -0.510. The van der Waals surface area contributed by atoms with E-state index in [1.165, 1.54) is 0 Å². The number of rotatable bonds is 24. The van der Waals surface area contributed by atoms with Gasteiger partial charge < -0.3 is 50.1 Å². The van der Waals surface area contributed by atoms with Crippen LogP contribution in [0.25, 0.3) is 10.8 Å². The van der Waals surface area contributed by atoms with Crippen LogP contribution in [0.5, 0.6) is 11.5 Å². The first-order valence-corrected chi connectivity index (χ1v) is 29.7. The van der Waals surface area contributed by atoms with Crippen molar-refractivity contribution in [2.75, 3.05) is 67.6 Å². The summed E-state index contributed by atoms with van der Waals surface area (Å²) < 4.78 is 10.8. The summed E-state index contributed by atoms with van der Waals surface area (Å²) in [6.07, 6.45) is 14.4. The van der Waals surface area contributed by atoms with Crippen LogP contribution in [0.15, 0.2) is 84.9 Å². The molecule has 0 radical (unpaired) electrons. The molecule has 2 aliphatic heterocycles. The Morgan fingerprint density at radius 3 is 1.49 bits per heavy atom. The number of nitrogens with zero attached hydrogens (tertiary/aromatic N) is 4. The molecule has 80 heavy (non-hydrogen) atoms. The fourth-order valence-corrected chi connectivity index (χ4v) is 12.6. The first kappa shape index (κ1) is 59.6. The molecule has 2 saturated heterocycles. The Morgan fingerprint density at radius 2 is 1.04 bits per heavy atom. The maximum atomic E-state index is 15.0. The van der Waals surface area contributed by atoms with E-state index in [0.717, 1.165) is 123 Å². The van der Waals surface area contributed by atoms with Gasteiger partial charge in [0.2, 0.25) is 17.9 Å². The van der Waals surface area contributed by atoms with Gasteiger partial charge in [0.05, 0.1) is 20.3 Å². The van der Waals surface area contributed by atoms with E-state index in [-0.39, 0.29) is 65.4 Å². The molecule has 2 saturated carbocycles. The highest BCUT2D eigenvalue weighted by atomic mass is 16.5. The third-order valence-electron chi connectivity index (χ3n) is 17.8. The second-order valence-corrected chi connectivity index (χ2v) is 22.9. The Hall–Kier alpha value is -6.52. The van der Waals surface area contributed by atoms with Crippen molar-refractivity contribution in [3.63, 3.8) is 0 Å². The van der Waals surface area contributed by atoms with Crippen LogP contribution in [-0.4, -0.2) is 164 Å². The Kier molecular flexibility index (Phi) is 21.4. The number of hydrogen-bond acceptors (Lipinski definition) is 9. The summed E-state index contributed by atoms with van der Waals surface area (Å²) in [7, 11) is 6.80. The molecule has 0 spiro atoms. The first-order valence-electron chi connectivity index (χ1n) is 29.7. The van der Waals surface area contributed by atoms with Crippen LogP contribution < -0.4 is 30.4 Å². The van der Waals surface area contributed by atoms with Crippen molar-refractivity contribution in [2.24, 2.45) is 11.8 Å². The maximum Gasteiger partial charge on any atom is 0.350 e. The zero-order valence-corrected chi connectivity index (χ0v) is 48.4. The molecule has 16 nitrogen and oxygen atoms in total. The third kappa shape index (κ3) is 15.1. The summed E-state index contributed by atoms with van der Waals surface area (Å²) in [5.41, 5.74) is 3.13. The molecular weight excluding hydrogens is 1010 g/mol. The number of aliphatic hydroxyl groups is 1. The fraction of sp³-hybridized carbons (Fsp3) is 0.562. The quantitative estimate of drug-likeness (QED) is 0.0385. The topological polar surface area (TPSA) is 187 Å². The van der Waals surface area contributed by atoms with Gasteiger partial charge in [-0.3, -0.25) is 24.0 Å². The second kappa shape index (κ2) is 28.8. The van der Waals surface area contributed by atoms with E-state index in [1.807, 2.05) is 111 Å². The van der Waals surface area contributed by atoms with Gasteiger partial charge in [0.25, 0.3) is 17.7 Å². The van der Waals surface area contributed by atoms with Crippen LogP contribution in [0.3, 0.4) is 0 Å². The molecule has 5 amide bonds. The van der Waals surface area contributed by atoms with E-state index in [2.05, 4.69) is 20.9 Å². The van der Waals surface area contributed by atoms with Gasteiger partial charge in [0.1, 0.15) is 23.6 Å². The van der Waals surface area contributed by atoms with Gasteiger partial charge in [-0.25, -0.2) is 4.99 Å². The highest BCUT2D eigenvalue weighted by Gasteiger charge is 2.43. The molecular formula is C64H89N8O8+. The van der Waals surface area contributed by atoms with E-state index in [1.54, 1.807) is 35.2 Å². The molecule has 4 aromatic carbocycles. The first-order chi connectivity index (χ1) is 38.8. The standard InChI is InChI=1S/C64H88N8O8/c1-43(65-3)59(73)67-57(47-15-9-7-10-16-47)63(77)71-35-13-19-53(71)41-69(37-33-45-21-29-55(79-5)30-22-45)61(75)51-27-25-50-40-52(28-26-49(50)39-51)62(76)70(38-34-46-23-31-56(80-6)32-24-46)42-54-20-14-36-72(54)64(78)58(48-17-11-8-12-18-48)68-60(74)44(2)66-4/h21-32,39-40,43-44,47-48,53-54,57-58,65-66H,7-20,33-38,41-42H2,1-6H3,(H,67,73)(H,68,74)/p+1/t43-,44-,53-,54-,57-,58-/m0/s1. The predicted molar refractivity (Wildman–Crippen MR) is 313 cm³/mol. The van der Waals surface area contributed by atoms with Gasteiger partial charge in [-0.1, -0.05) is 74.9 Å². The molecule has 0 bridgehead atoms. The molecule has 4 fully saturated rings. The van der Waals surface area contributed by atoms with E-state index in [9.17, 15) is 29.1 Å². The van der Waals surface area contributed by atoms with Crippen molar-refractivity contribution in [1.29, 1.82) is 0 Å². The number of benzene rings is 4. The Balaban J connectivity index is 1.04. The molecule has 6 atom stereocenters. The summed E-state index contributed by atoms with van der Waals surface area (Å²) >= 11 is 0. The van der Waals surface area contributed by atoms with Crippen LogP contribution >= 0.6 is 0 Å². The maximum absolute atomic E-state index is 15.0. The largest absolute Gasteiger partial charge is 0.497 e. The zero-order valence-electron chi connectivity index (χ0n) is 48.4. The molecule has 2 aliphatic carbocycles. The van der Waals surface area contributed by atoms with E-state index < -0.39 is 18.1 Å². The SMILES string of the molecule is CN[C@@H](C)C(=O)N[C@H](C(=O)N1CCC[C@H]1CN(CCc1ccc(OC)cc1)C(=O)c1ccc2cc(C(=O)N(CCc3ccc(OC)cc3)C[C@@H]3CCCN3C(=O)[C@@H]([NH+]=C(O)[C@H](C)NC)C3CCCCC3)ccc2c1)C1CCCCC1. The minimum absolute atomic E-state index is 0.0232. The van der Waals surface area contributed by atoms with Crippen molar-refractivity contribution < 1.29 is 43.5 Å². The third-order valence-corrected chi connectivity index (χ3v) is 17.8. The highest BCUT2D eigenvalue weighted by Crippen LogP contribution is 2.32. The molecule has 8 rings (SSSR count). The Bertz CT molecular complexity index is 2740. The second-order valence-electron chi connectivity index (χ2n) is 22.9. The number of methoxy groups -OCH3 is 2. The predicted octanol–water partition coefficient (Wildman–Crippen LogP) is 6.48. The van der Waals surface area contributed by atoms with E-state index >= 15 is 0 Å². The summed E-state index contributed by atoms with van der Waals surface area (Å²) in [6, 6.07) is 24.7. The van der Waals surface area contributed by atoms with Crippen molar-refractivity contribution in [3.8, 4) is 11.5 Å². The van der Waals surface area contributed by atoms with Gasteiger partial charge in [0.15, 0.2) is 0 Å². The lowest BCUT2D eigenvalue weighted by Gasteiger charge is -2.37. The number of aliphatic hydroxyl groups excluding tert-OH is 1. The van der Waals surface area contributed by atoms with Gasteiger partial charge >= 0.3 is 5.90 Å². The van der Waals surface area contributed by atoms with Crippen LogP contribution in [0.4, 0.5) is 0 Å². The van der Waals surface area contributed by atoms with E-state index in [4.69, 9.17) is 9.47 Å². The Morgan fingerprint density at radius 1 is 0.588 bits per heavy atom. The molecule has 5 N–H and O–H groups in total. The molecule has 4 aromatic rings. The average molecular weight is 1100 g/mol. The summed E-state index contributed by atoms with van der Waals surface area (Å²) in [5, 5.41) is 22.0. The smallest absolute Gasteiger partial charge is 0.350 e. The van der Waals surface area contributed by atoms with Crippen molar-refractivity contribution in [1.82, 2.24) is 35.6 Å². The monoisotopic (exact) mass is 1100 g/mol. The van der Waals surface area contributed by atoms with Crippen molar-refractivity contribution >= 4 is 46.2 Å². The van der Waals surface area contributed by atoms with Crippen LogP contribution in [0, 0.1) is 11.8 Å². The average Bonchev–Trinajstić information content (AvgIpc) is 4.19. The minimum Gasteiger partial charge on any atom is -0.497 e. The van der Waals surface area contributed by atoms with Gasteiger partial charge in [-0.15, -0.1) is 0 Å². The number of carbonyl (C=O) groups excluding carboxylic acids is 5. The van der Waals surface area contributed by atoms with Gasteiger partial charge in [-0.05, 0) is 168 Å². The Labute approximate surface area is 474 Å². The molecule has 0 unspecified atom stereocenters. The lowest BCUT2D eigenvalue weighted by Crippen LogP contribution is -2.87. The number of fused-ring (bicyclic) bond motifs is 1. The number of hydrogen-bond donors (Lipinski definition) is 5. The fourth-order valence-electron chi connectivity index (χ4n) is 12.6. The number of amides is 5. The zero-order chi connectivity index (χ0) is 56.7. The number of nitrogens with one attached hydrogen (secondary N) is 4. The molecule has 4 aliphatic rings. The molecule has 0 aromatic heterocycles. The summed E-state index contributed by atoms with van der Waals surface area (Å²) in [6.45, 7) is 6.36. The number of ether oxygens (including phenoxy) is 2. The van der Waals surface area contributed by atoms with Crippen molar-refractivity contribution in [3.05, 3.63) is 107 Å². The van der Waals surface area contributed by atoms with Crippen LogP contribution in [0.1, 0.15) is 136 Å². The van der Waals surface area contributed by atoms with E-state index in [0.29, 0.717) is 63.2 Å². The van der Waals surface area contributed by atoms with Crippen LogP contribution in [-0.2, 0) is 27.2 Å². The molecule has 16 heteroatoms. The summed E-state index contributed by atoms with van der Waals surface area (Å²) in [4.78, 5) is 83.7. The number of carbonyl (C=O) groups is 5. The van der Waals surface area contributed by atoms with Crippen LogP contribution in [0.2, 0.25) is 0 Å². The number of likely N-dealkylation sites (tertiary alicyclic amines) is 2. The van der Waals surface area contributed by atoms with Gasteiger partial charge in [0, 0.05) is 68.4 Å². The molecule has 2 heterocycles. The minimum atomic E-state index is -0.624. The summed E-state index contributed by atoms with van der Waals surface area (Å²) in [5.74, 6) is 1.16. The normalized spacial score (nSPS) is 19.8. The molecule has 432 valence electrons. The lowest BCUT2D eigenvalue weighted by atomic mass is 9.83. The number of likely N-dealkylation sites (N-methyl/N-ethyl adjacent to an activating group) is 2. The van der Waals surface area contributed by atoms with Crippen molar-refractivity contribution in [2.45, 2.75) is 153 Å².